The van der Waals surface area contributed by atoms with Crippen LogP contribution in [0.25, 0.3) is 165 Å². The number of rotatable bonds is 6. The largest absolute Gasteiger partial charge is 0.455 e. The molecule has 0 fully saturated rings. The molecule has 0 atom stereocenters. The lowest BCUT2D eigenvalue weighted by molar-refractivity contribution is 0.669. The molecule has 0 bridgehead atoms. The van der Waals surface area contributed by atoms with E-state index in [0.29, 0.717) is 0 Å². The minimum atomic E-state index is 0.904. The summed E-state index contributed by atoms with van der Waals surface area (Å²) in [5, 5.41) is 17.1. The maximum atomic E-state index is 6.59. The zero-order valence-corrected chi connectivity index (χ0v) is 48.7. The van der Waals surface area contributed by atoms with E-state index in [0.717, 1.165) is 66.1 Å². The van der Waals surface area contributed by atoms with Crippen LogP contribution in [0.15, 0.2) is 312 Å². The van der Waals surface area contributed by atoms with Gasteiger partial charge in [-0.2, -0.15) is 0 Å². The fourth-order valence-electron chi connectivity index (χ4n) is 13.0. The number of furan rings is 2. The topological polar surface area (TPSA) is 26.3 Å². The third-order valence-corrected chi connectivity index (χ3v) is 16.7. The predicted molar refractivity (Wildman–Crippen MR) is 394 cm³/mol. The molecule has 2 nitrogen and oxygen atoms in total. The molecule has 0 aliphatic heterocycles. The standard InChI is InChI=1S/C42H26O.C38H24O.4CH4.9H2/c1-2-12-28(13-3-1)40-33-15-6-8-17-35(33)41(36-18-9-7-16-34(36)40)31-23-24-39-38(26-31)37-20-10-19-32(42(37)43-39)30-22-21-27-11-4-5-14-29(27)25-30;1-3-12-25(13-4-1)28-20-11-21-33-34-24-27(22-23-35(34)39-38(28)33)37-31-18-9-7-16-29(31)36(26-14-5-2-6-15-26)30-17-8-10-19-32(30)37;;;;;;;;;;;;;/h1-26H;1-24H;4*1H4;9*1H/i;;4*1D;9*1+1D. The number of fused-ring (bicyclic) bond motifs is 11. The van der Waals surface area contributed by atoms with Crippen molar-refractivity contribution in [2.24, 2.45) is 0 Å². The van der Waals surface area contributed by atoms with E-state index in [1.54, 1.807) is 0 Å². The first kappa shape index (κ1) is 42.1. The first-order chi connectivity index (χ1) is 53.7. The van der Waals surface area contributed by atoms with Crippen LogP contribution in [0.2, 0.25) is 0 Å². The summed E-state index contributed by atoms with van der Waals surface area (Å²) >= 11 is 0. The van der Waals surface area contributed by atoms with Gasteiger partial charge >= 0.3 is 0 Å². The van der Waals surface area contributed by atoms with Crippen LogP contribution in [-0.2, 0) is 0 Å². The first-order valence-electron chi connectivity index (χ1n) is 41.1. The summed E-state index contributed by atoms with van der Waals surface area (Å²) in [6.45, 7) is 0. The second-order valence-corrected chi connectivity index (χ2v) is 21.3. The lowest BCUT2D eigenvalue weighted by atomic mass is 9.86. The predicted octanol–water partition coefficient (Wildman–Crippen LogP) is 27.7. The molecule has 432 valence electrons. The molecule has 0 saturated heterocycles. The molecule has 2 aromatic heterocycles. The van der Waals surface area contributed by atoms with Gasteiger partial charge < -0.3 is 8.83 Å². The van der Waals surface area contributed by atoms with Crippen molar-refractivity contribution in [3.05, 3.63) is 303 Å². The smallest absolute Gasteiger partial charge is 0.143 e. The van der Waals surface area contributed by atoms with Crippen molar-refractivity contribution in [2.75, 3.05) is 0 Å². The normalized spacial score (nSPS) is 12.3. The van der Waals surface area contributed by atoms with Gasteiger partial charge in [-0.1, -0.05) is 303 Å². The molecule has 0 amide bonds. The van der Waals surface area contributed by atoms with Crippen molar-refractivity contribution in [3.63, 3.8) is 0 Å². The Kier molecular flexibility index (Phi) is 11.3. The molecule has 15 aromatic carbocycles. The molecule has 0 unspecified atom stereocenters. The Morgan fingerprint density at radius 2 is 0.523 bits per heavy atom. The monoisotopic (exact) mass is 1150 g/mol. The Labute approximate surface area is 536 Å². The molecule has 17 aromatic rings. The van der Waals surface area contributed by atoms with Crippen molar-refractivity contribution in [3.8, 4) is 66.8 Å². The Balaban J connectivity index is 0.000000433. The molecule has 2 heteroatoms. The summed E-state index contributed by atoms with van der Waals surface area (Å²) in [5.74, 6) is 0. The molecule has 17 rings (SSSR count). The molecule has 0 N–H and O–H groups in total. The highest BCUT2D eigenvalue weighted by Gasteiger charge is 2.21. The zero-order chi connectivity index (χ0) is 80.1. The molecule has 0 radical (unpaired) electrons. The second-order valence-electron chi connectivity index (χ2n) is 21.3. The van der Waals surface area contributed by atoms with Crippen molar-refractivity contribution >= 4 is 97.7 Å². The van der Waals surface area contributed by atoms with Gasteiger partial charge in [0.05, 0.1) is 0 Å². The maximum Gasteiger partial charge on any atom is 0.143 e. The van der Waals surface area contributed by atoms with E-state index in [1.807, 2.05) is 6.07 Å². The molecule has 86 heavy (non-hydrogen) atoms. The number of hydrogen-bond acceptors (Lipinski definition) is 2. The fourth-order valence-corrected chi connectivity index (χ4v) is 13.0. The van der Waals surface area contributed by atoms with Gasteiger partial charge in [0.15, 0.2) is 0 Å². The molecule has 0 saturated carbocycles. The average molecular weight is 1150 g/mol. The van der Waals surface area contributed by atoms with E-state index < -0.39 is 0 Å². The average Bonchev–Trinajstić information content (AvgIpc) is 1.17. The van der Waals surface area contributed by atoms with Crippen LogP contribution in [0.1, 0.15) is 61.8 Å². The quantitative estimate of drug-likeness (QED) is 0.155. The Hall–Kier alpha value is -10.8. The van der Waals surface area contributed by atoms with E-state index >= 15 is 0 Å². The van der Waals surface area contributed by atoms with Gasteiger partial charge in [-0.25, -0.2) is 0 Å². The van der Waals surface area contributed by atoms with E-state index in [2.05, 4.69) is 297 Å². The molecule has 0 spiro atoms. The third kappa shape index (κ3) is 9.24. The van der Waals surface area contributed by atoms with Crippen LogP contribution in [0, 0.1) is 0 Å². The lowest BCUT2D eigenvalue weighted by Crippen LogP contribution is -1.90. The SMILES string of the molecule is [2H]C.[2H]C.[2H]C.[2H]C.[2H][2H].[2H][2H].[2H][2H].[2H][2H].[2H][2H].[2H][2H].[2H][2H].[2H][2H].[2H][2H].c1ccc(-c2c3ccccc3c(-c3ccc4oc5c(-c6ccc7ccccc7c6)cccc5c4c3)c3ccccc23)cc1.c1ccc(-c2c3ccccc3c(-c3ccc4oc5c(-c6ccccc6)cccc5c4c3)c3ccccc23)cc1. The van der Waals surface area contributed by atoms with Gasteiger partial charge in [0, 0.05) is 64.9 Å². The van der Waals surface area contributed by atoms with Gasteiger partial charge in [-0.15, -0.1) is 0 Å². The van der Waals surface area contributed by atoms with Crippen LogP contribution in [0.5, 0.6) is 0 Å². The van der Waals surface area contributed by atoms with Crippen LogP contribution < -0.4 is 0 Å². The molecule has 2 heterocycles. The third-order valence-electron chi connectivity index (χ3n) is 16.7. The summed E-state index contributed by atoms with van der Waals surface area (Å²) in [6.07, 6.45) is 0. The van der Waals surface area contributed by atoms with Crippen LogP contribution >= 0.6 is 0 Å². The number of benzene rings is 15. The van der Waals surface area contributed by atoms with Crippen LogP contribution in [-0.4, -0.2) is 0 Å². The first-order valence-corrected chi connectivity index (χ1v) is 28.1. The van der Waals surface area contributed by atoms with Crippen molar-refractivity contribution in [1.29, 1.82) is 0 Å². The summed E-state index contributed by atoms with van der Waals surface area (Å²) in [4.78, 5) is 0. The molecular formula is C84H84O2. The Morgan fingerprint density at radius 1 is 0.221 bits per heavy atom. The van der Waals surface area contributed by atoms with E-state index in [1.165, 1.54) is 128 Å². The summed E-state index contributed by atoms with van der Waals surface area (Å²) in [7, 11) is 5.00. The van der Waals surface area contributed by atoms with Gasteiger partial charge in [0.1, 0.15) is 22.3 Å². The Morgan fingerprint density at radius 3 is 0.919 bits per heavy atom. The number of para-hydroxylation sites is 2. The highest BCUT2D eigenvalue weighted by atomic mass is 16.3. The van der Waals surface area contributed by atoms with Gasteiger partial charge in [0.2, 0.25) is 0 Å². The molecule has 0 aliphatic carbocycles. The maximum absolute atomic E-state index is 6.59. The van der Waals surface area contributed by atoms with E-state index in [9.17, 15) is 0 Å². The van der Waals surface area contributed by atoms with E-state index in [-0.39, 0.29) is 0 Å². The molecule has 0 aliphatic rings. The minimum Gasteiger partial charge on any atom is -0.455 e. The van der Waals surface area contributed by atoms with Gasteiger partial charge in [0.25, 0.3) is 0 Å². The second kappa shape index (κ2) is 23.1. The van der Waals surface area contributed by atoms with Crippen molar-refractivity contribution in [2.45, 2.75) is 29.6 Å². The Bertz CT molecular complexity index is 5280. The highest BCUT2D eigenvalue weighted by molar-refractivity contribution is 6.24. The van der Waals surface area contributed by atoms with Gasteiger partial charge in [-0.3, -0.25) is 0 Å². The fraction of sp³-hybridized carbons (Fsp3) is 0.0476. The molecular weight excluding hydrogens is 1040 g/mol. The lowest BCUT2D eigenvalue weighted by Gasteiger charge is -2.17. The van der Waals surface area contributed by atoms with Crippen LogP contribution in [0.4, 0.5) is 0 Å². The van der Waals surface area contributed by atoms with Crippen molar-refractivity contribution in [1.82, 2.24) is 0 Å². The summed E-state index contributed by atoms with van der Waals surface area (Å²) in [6, 6.07) is 109. The highest BCUT2D eigenvalue weighted by Crippen LogP contribution is 2.48. The summed E-state index contributed by atoms with van der Waals surface area (Å²) < 4.78 is 126. The summed E-state index contributed by atoms with van der Waals surface area (Å²) in [5.41, 5.74) is 18.2. The number of hydrogen-bond donors (Lipinski definition) is 0. The zero-order valence-electron chi connectivity index (χ0n) is 70.7. The van der Waals surface area contributed by atoms with Crippen molar-refractivity contribution < 1.29 is 41.0 Å². The van der Waals surface area contributed by atoms with Crippen LogP contribution in [0.3, 0.4) is 0 Å². The van der Waals surface area contributed by atoms with Gasteiger partial charge in [-0.05, 0) is 140 Å². The minimum absolute atomic E-state index is 0.904. The van der Waals surface area contributed by atoms with E-state index in [4.69, 9.17) is 41.0 Å².